The number of allylic oxidation sites excluding steroid dienone is 16. The quantitative estimate of drug-likeness (QED) is 0.176. The molecule has 0 atom stereocenters. The Labute approximate surface area is 276 Å². The van der Waals surface area contributed by atoms with Crippen molar-refractivity contribution in [3.63, 3.8) is 0 Å². The van der Waals surface area contributed by atoms with Gasteiger partial charge in [-0.2, -0.15) is 0 Å². The van der Waals surface area contributed by atoms with E-state index in [2.05, 4.69) is 88.5 Å². The lowest BCUT2D eigenvalue weighted by molar-refractivity contribution is 0.0591. The van der Waals surface area contributed by atoms with E-state index in [-0.39, 0.29) is 11.9 Å². The van der Waals surface area contributed by atoms with E-state index in [9.17, 15) is 9.59 Å². The summed E-state index contributed by atoms with van der Waals surface area (Å²) in [6.07, 6.45) is 28.9. The molecule has 0 radical (unpaired) electrons. The minimum Gasteiger partial charge on any atom is -0.465 e. The Morgan fingerprint density at radius 3 is 1.15 bits per heavy atom. The molecule has 0 fully saturated rings. The molecule has 2 aromatic carbocycles. The van der Waals surface area contributed by atoms with Gasteiger partial charge in [-0.15, -0.1) is 0 Å². The fourth-order valence-electron chi connectivity index (χ4n) is 4.49. The highest BCUT2D eigenvalue weighted by molar-refractivity contribution is 5.92. The number of carbonyl (C=O) groups excluding carboxylic acids is 2. The first-order valence-electron chi connectivity index (χ1n) is 15.3. The van der Waals surface area contributed by atoms with Gasteiger partial charge in [0, 0.05) is 0 Å². The van der Waals surface area contributed by atoms with Crippen LogP contribution < -0.4 is 0 Å². The summed E-state index contributed by atoms with van der Waals surface area (Å²) in [5.41, 5.74) is 11.9. The predicted molar refractivity (Wildman–Crippen MR) is 195 cm³/mol. The maximum atomic E-state index is 11.9. The highest BCUT2D eigenvalue weighted by Gasteiger charge is 2.13. The minimum absolute atomic E-state index is 0.310. The summed E-state index contributed by atoms with van der Waals surface area (Å²) < 4.78 is 9.74. The van der Waals surface area contributed by atoms with Gasteiger partial charge >= 0.3 is 11.9 Å². The van der Waals surface area contributed by atoms with Crippen LogP contribution in [0.3, 0.4) is 0 Å². The molecule has 0 spiro atoms. The molecule has 0 unspecified atom stereocenters. The van der Waals surface area contributed by atoms with Crippen molar-refractivity contribution in [2.75, 3.05) is 14.2 Å². The lowest BCUT2D eigenvalue weighted by Gasteiger charge is -2.09. The van der Waals surface area contributed by atoms with E-state index in [1.807, 2.05) is 76.3 Å². The molecule has 2 rings (SSSR count). The molecule has 0 bridgehead atoms. The Kier molecular flexibility index (Phi) is 15.2. The summed E-state index contributed by atoms with van der Waals surface area (Å²) in [7, 11) is 2.80. The van der Waals surface area contributed by atoms with Crippen molar-refractivity contribution in [1.82, 2.24) is 0 Å². The molecule has 240 valence electrons. The molecular formula is C42H48O4. The zero-order valence-corrected chi connectivity index (χ0v) is 29.0. The zero-order chi connectivity index (χ0) is 34.2. The third-order valence-corrected chi connectivity index (χ3v) is 7.79. The van der Waals surface area contributed by atoms with Gasteiger partial charge < -0.3 is 9.47 Å². The third kappa shape index (κ3) is 11.5. The van der Waals surface area contributed by atoms with E-state index in [1.54, 1.807) is 0 Å². The second kappa shape index (κ2) is 18.8. The molecule has 0 aromatic heterocycles. The van der Waals surface area contributed by atoms with Gasteiger partial charge in [0.25, 0.3) is 0 Å². The highest BCUT2D eigenvalue weighted by Crippen LogP contribution is 2.22. The zero-order valence-electron chi connectivity index (χ0n) is 29.0. The van der Waals surface area contributed by atoms with Gasteiger partial charge in [0.05, 0.1) is 25.3 Å². The number of methoxy groups -OCH3 is 2. The monoisotopic (exact) mass is 616 g/mol. The molecule has 0 saturated heterocycles. The van der Waals surface area contributed by atoms with Crippen LogP contribution in [-0.4, -0.2) is 26.2 Å². The predicted octanol–water partition coefficient (Wildman–Crippen LogP) is 10.7. The third-order valence-electron chi connectivity index (χ3n) is 7.79. The number of hydrogen-bond acceptors (Lipinski definition) is 4. The molecule has 2 aromatic rings. The summed E-state index contributed by atoms with van der Waals surface area (Å²) in [5.74, 6) is -0.619. The van der Waals surface area contributed by atoms with Gasteiger partial charge in [-0.3, -0.25) is 0 Å². The molecule has 0 aliphatic heterocycles. The van der Waals surface area contributed by atoms with Crippen LogP contribution in [0.5, 0.6) is 0 Å². The summed E-state index contributed by atoms with van der Waals surface area (Å²) >= 11 is 0. The summed E-state index contributed by atoms with van der Waals surface area (Å²) in [5, 5.41) is 0. The van der Waals surface area contributed by atoms with Crippen LogP contribution in [0.4, 0.5) is 0 Å². The Morgan fingerprint density at radius 1 is 0.478 bits per heavy atom. The summed E-state index contributed by atoms with van der Waals surface area (Å²) in [6.45, 7) is 16.2. The number of esters is 2. The van der Waals surface area contributed by atoms with E-state index in [0.717, 1.165) is 55.7 Å². The van der Waals surface area contributed by atoms with Crippen molar-refractivity contribution >= 4 is 24.1 Å². The van der Waals surface area contributed by atoms with E-state index < -0.39 is 0 Å². The number of carbonyl (C=O) groups is 2. The number of hydrogen-bond donors (Lipinski definition) is 0. The van der Waals surface area contributed by atoms with Gasteiger partial charge in [-0.1, -0.05) is 119 Å². The van der Waals surface area contributed by atoms with Crippen LogP contribution in [0.2, 0.25) is 0 Å². The number of ether oxygens (including phenoxy) is 2. The molecular weight excluding hydrogens is 568 g/mol. The fourth-order valence-corrected chi connectivity index (χ4v) is 4.49. The number of benzene rings is 2. The van der Waals surface area contributed by atoms with Crippen molar-refractivity contribution < 1.29 is 19.1 Å². The maximum Gasteiger partial charge on any atom is 0.338 e. The first-order chi connectivity index (χ1) is 21.9. The smallest absolute Gasteiger partial charge is 0.338 e. The molecule has 4 heteroatoms. The molecule has 4 nitrogen and oxygen atoms in total. The van der Waals surface area contributed by atoms with Crippen molar-refractivity contribution in [2.24, 2.45) is 0 Å². The van der Waals surface area contributed by atoms with Crippen molar-refractivity contribution in [2.45, 2.75) is 55.4 Å². The summed E-state index contributed by atoms with van der Waals surface area (Å²) in [4.78, 5) is 23.8. The Bertz CT molecular complexity index is 1570. The standard InChI is InChI=1S/C42H48O4/c1-29(17-13-19-31(3)21-23-37-25-27-39(41(43)45-9)35(7)33(37)5)15-11-12-16-30(2)18-14-20-32(4)22-24-38-26-28-40(42(44)46-10)36(8)34(38)6/h11-28H,1-10H3/b12-11+,17-13+,18-14+,23-21+,24-22+,29-15+,30-16+,31-19+,32-20+. The van der Waals surface area contributed by atoms with Crippen LogP contribution in [0.1, 0.15) is 81.8 Å². The molecule has 0 N–H and O–H groups in total. The van der Waals surface area contributed by atoms with Crippen LogP contribution in [0, 0.1) is 27.7 Å². The average Bonchev–Trinajstić information content (AvgIpc) is 3.03. The van der Waals surface area contributed by atoms with Crippen LogP contribution in [0.15, 0.2) is 119 Å². The second-order valence-electron chi connectivity index (χ2n) is 11.3. The largest absolute Gasteiger partial charge is 0.465 e. The van der Waals surface area contributed by atoms with Crippen LogP contribution in [-0.2, 0) is 9.47 Å². The molecule has 0 saturated carbocycles. The molecule has 0 aliphatic rings. The van der Waals surface area contributed by atoms with Gasteiger partial charge in [0.2, 0.25) is 0 Å². The van der Waals surface area contributed by atoms with Crippen molar-refractivity contribution in [3.8, 4) is 0 Å². The van der Waals surface area contributed by atoms with Crippen molar-refractivity contribution in [3.05, 3.63) is 164 Å². The Balaban J connectivity index is 1.93. The van der Waals surface area contributed by atoms with Gasteiger partial charge in [-0.05, 0) is 101 Å². The molecule has 46 heavy (non-hydrogen) atoms. The SMILES string of the molecule is COC(=O)c1ccc(/C=C/C(C)=C/C=C/C(C)=C/C=C/C=C(C)/C=C/C=C(C)/C=C/c2ccc(C(=O)OC)c(C)c2C)c(C)c1C. The first-order valence-corrected chi connectivity index (χ1v) is 15.3. The normalized spacial score (nSPS) is 13.7. The first kappa shape index (κ1) is 37.2. The summed E-state index contributed by atoms with van der Waals surface area (Å²) in [6, 6.07) is 7.54. The lowest BCUT2D eigenvalue weighted by Crippen LogP contribution is -2.05. The van der Waals surface area contributed by atoms with Gasteiger partial charge in [0.1, 0.15) is 0 Å². The Hall–Kier alpha value is -4.96. The molecule has 0 amide bonds. The van der Waals surface area contributed by atoms with Crippen LogP contribution >= 0.6 is 0 Å². The minimum atomic E-state index is -0.310. The Morgan fingerprint density at radius 2 is 0.804 bits per heavy atom. The second-order valence-corrected chi connectivity index (χ2v) is 11.3. The molecule has 0 aliphatic carbocycles. The van der Waals surface area contributed by atoms with E-state index in [1.165, 1.54) is 14.2 Å². The topological polar surface area (TPSA) is 52.6 Å². The molecule has 0 heterocycles. The van der Waals surface area contributed by atoms with E-state index >= 15 is 0 Å². The fraction of sp³-hybridized carbons (Fsp3) is 0.238. The van der Waals surface area contributed by atoms with Gasteiger partial charge in [0.15, 0.2) is 0 Å². The lowest BCUT2D eigenvalue weighted by atomic mass is 9.97. The highest BCUT2D eigenvalue weighted by atomic mass is 16.5. The van der Waals surface area contributed by atoms with Crippen molar-refractivity contribution in [1.29, 1.82) is 0 Å². The maximum absolute atomic E-state index is 11.9. The number of rotatable bonds is 12. The van der Waals surface area contributed by atoms with E-state index in [0.29, 0.717) is 11.1 Å². The average molecular weight is 617 g/mol. The van der Waals surface area contributed by atoms with E-state index in [4.69, 9.17) is 9.47 Å². The van der Waals surface area contributed by atoms with Crippen LogP contribution in [0.25, 0.3) is 12.2 Å². The van der Waals surface area contributed by atoms with Gasteiger partial charge in [-0.25, -0.2) is 9.59 Å².